The lowest BCUT2D eigenvalue weighted by Crippen LogP contribution is -1.84. The zero-order chi connectivity index (χ0) is 5.21. The number of halogens is 4. The van der Waals surface area contributed by atoms with Gasteiger partial charge in [0, 0.05) is 0 Å². The van der Waals surface area contributed by atoms with E-state index in [1.807, 2.05) is 0 Å². The molecule has 38 valence electrons. The average Bonchev–Trinajstić information content (AvgIpc) is 1.35. The smallest absolute Gasteiger partial charge is 0.0758 e. The van der Waals surface area contributed by atoms with E-state index in [4.69, 9.17) is 23.2 Å². The molecular formula is CBr2Cl2S. The predicted octanol–water partition coefficient (Wildman–Crippen LogP) is 3.51. The Morgan fingerprint density at radius 2 is 1.67 bits per heavy atom. The van der Waals surface area contributed by atoms with E-state index in [2.05, 4.69) is 30.7 Å². The zero-order valence-corrected chi connectivity index (χ0v) is 7.92. The van der Waals surface area contributed by atoms with Crippen LogP contribution in [0.1, 0.15) is 0 Å². The third-order valence-electron chi connectivity index (χ3n) is 0.0875. The van der Waals surface area contributed by atoms with Crippen LogP contribution in [0.2, 0.25) is 0 Å². The molecule has 0 aromatic heterocycles. The molecule has 0 unspecified atom stereocenters. The molecule has 0 N–H and O–H groups in total. The monoisotopic (exact) mass is 272 g/mol. The van der Waals surface area contributed by atoms with Crippen molar-refractivity contribution in [2.75, 3.05) is 0 Å². The van der Waals surface area contributed by atoms with Gasteiger partial charge >= 0.3 is 0 Å². The lowest BCUT2D eigenvalue weighted by Gasteiger charge is -2.00. The van der Waals surface area contributed by atoms with Gasteiger partial charge in [-0.1, -0.05) is 23.2 Å². The summed E-state index contributed by atoms with van der Waals surface area (Å²) in [5, 5.41) is 0. The summed E-state index contributed by atoms with van der Waals surface area (Å²) < 4.78 is -0.868. The summed E-state index contributed by atoms with van der Waals surface area (Å²) in [7, 11) is 1.14. The molecule has 5 heteroatoms. The summed E-state index contributed by atoms with van der Waals surface area (Å²) in [5.41, 5.74) is 0. The normalized spacial score (nSPS) is 12.0. The molecule has 0 amide bonds. The van der Waals surface area contributed by atoms with Crippen LogP contribution in [0.15, 0.2) is 0 Å². The van der Waals surface area contributed by atoms with Crippen LogP contribution in [0.25, 0.3) is 0 Å². The van der Waals surface area contributed by atoms with Crippen molar-refractivity contribution in [3.8, 4) is 0 Å². The van der Waals surface area contributed by atoms with Crippen molar-refractivity contribution in [1.82, 2.24) is 0 Å². The first-order chi connectivity index (χ1) is 2.56. The van der Waals surface area contributed by atoms with Gasteiger partial charge in [-0.25, -0.2) is 0 Å². The SMILES string of the molecule is ClC(Cl)(Br)SBr. The van der Waals surface area contributed by atoms with E-state index >= 15 is 0 Å². The van der Waals surface area contributed by atoms with Crippen molar-refractivity contribution in [3.05, 3.63) is 0 Å². The van der Waals surface area contributed by atoms with Gasteiger partial charge in [0.1, 0.15) is 0 Å². The topological polar surface area (TPSA) is 0 Å². The van der Waals surface area contributed by atoms with Gasteiger partial charge in [-0.05, 0) is 40.9 Å². The minimum Gasteiger partial charge on any atom is -0.0758 e. The Hall–Kier alpha value is 1.89. The molecule has 0 aromatic rings. The predicted molar refractivity (Wildman–Crippen MR) is 39.9 cm³/mol. The lowest BCUT2D eigenvalue weighted by molar-refractivity contribution is 1.90. The molecule has 0 atom stereocenters. The largest absolute Gasteiger partial charge is 0.228 e. The second-order valence-corrected chi connectivity index (χ2v) is 6.66. The van der Waals surface area contributed by atoms with E-state index in [1.165, 1.54) is 0 Å². The first-order valence-electron chi connectivity index (χ1n) is 0.925. The van der Waals surface area contributed by atoms with Crippen LogP contribution in [0.3, 0.4) is 0 Å². The van der Waals surface area contributed by atoms with Crippen LogP contribution in [0.4, 0.5) is 0 Å². The summed E-state index contributed by atoms with van der Waals surface area (Å²) in [6.07, 6.45) is 0. The molecule has 0 saturated heterocycles. The molecule has 0 aliphatic rings. The summed E-state index contributed by atoms with van der Waals surface area (Å²) in [4.78, 5) is 0. The second kappa shape index (κ2) is 3.02. The fraction of sp³-hybridized carbons (Fsp3) is 1.00. The van der Waals surface area contributed by atoms with Crippen LogP contribution >= 0.6 is 64.1 Å². The van der Waals surface area contributed by atoms with Gasteiger partial charge in [-0.2, -0.15) is 0 Å². The van der Waals surface area contributed by atoms with Gasteiger partial charge in [-0.3, -0.25) is 0 Å². The van der Waals surface area contributed by atoms with Gasteiger partial charge in [0.25, 0.3) is 0 Å². The third-order valence-corrected chi connectivity index (χ3v) is 5.09. The Kier molecular flexibility index (Phi) is 3.98. The Balaban J connectivity index is 3.17. The summed E-state index contributed by atoms with van der Waals surface area (Å²) in [6.45, 7) is 0. The summed E-state index contributed by atoms with van der Waals surface area (Å²) in [5.74, 6) is 0. The van der Waals surface area contributed by atoms with Crippen LogP contribution < -0.4 is 0 Å². The van der Waals surface area contributed by atoms with Crippen molar-refractivity contribution in [2.24, 2.45) is 0 Å². The molecule has 0 heterocycles. The maximum atomic E-state index is 5.32. The first kappa shape index (κ1) is 7.89. The average molecular weight is 275 g/mol. The maximum absolute atomic E-state index is 5.32. The van der Waals surface area contributed by atoms with Gasteiger partial charge in [0.15, 0.2) is 0 Å². The number of rotatable bonds is 1. The van der Waals surface area contributed by atoms with Crippen molar-refractivity contribution in [3.63, 3.8) is 0 Å². The Bertz CT molecular complexity index is 41.3. The van der Waals surface area contributed by atoms with E-state index in [0.717, 1.165) is 10.2 Å². The molecule has 0 nitrogen and oxygen atoms in total. The van der Waals surface area contributed by atoms with E-state index in [1.54, 1.807) is 0 Å². The van der Waals surface area contributed by atoms with Crippen LogP contribution in [-0.4, -0.2) is 2.57 Å². The minimum absolute atomic E-state index is 0.868. The van der Waals surface area contributed by atoms with E-state index in [-0.39, 0.29) is 0 Å². The Morgan fingerprint density at radius 1 is 1.50 bits per heavy atom. The molecule has 0 radical (unpaired) electrons. The van der Waals surface area contributed by atoms with E-state index < -0.39 is 2.57 Å². The molecule has 0 saturated carbocycles. The Morgan fingerprint density at radius 3 is 1.67 bits per heavy atom. The quantitative estimate of drug-likeness (QED) is 0.660. The minimum atomic E-state index is -0.868. The summed E-state index contributed by atoms with van der Waals surface area (Å²) in [6, 6.07) is 0. The highest BCUT2D eigenvalue weighted by Gasteiger charge is 2.16. The molecule has 0 aliphatic heterocycles. The second-order valence-electron chi connectivity index (χ2n) is 0.523. The van der Waals surface area contributed by atoms with E-state index in [9.17, 15) is 0 Å². The van der Waals surface area contributed by atoms with Crippen molar-refractivity contribution >= 4 is 64.1 Å². The number of hydrogen-bond acceptors (Lipinski definition) is 1. The standard InChI is InChI=1S/CBr2Cl2S/c2-1(4,5)6-3. The lowest BCUT2D eigenvalue weighted by atomic mass is 11.9. The zero-order valence-electron chi connectivity index (χ0n) is 2.42. The maximum Gasteiger partial charge on any atom is 0.228 e. The van der Waals surface area contributed by atoms with Gasteiger partial charge in [0.2, 0.25) is 2.57 Å². The first-order valence-corrected chi connectivity index (χ1v) is 5.13. The fourth-order valence-electron chi connectivity index (χ4n) is 0. The van der Waals surface area contributed by atoms with Crippen LogP contribution in [0.5, 0.6) is 0 Å². The molecule has 0 fully saturated rings. The molecular weight excluding hydrogens is 275 g/mol. The fourth-order valence-corrected chi connectivity index (χ4v) is 0. The molecule has 0 rings (SSSR count). The van der Waals surface area contributed by atoms with Crippen molar-refractivity contribution in [2.45, 2.75) is 2.57 Å². The number of alkyl halides is 3. The third kappa shape index (κ3) is 5.89. The van der Waals surface area contributed by atoms with Crippen molar-refractivity contribution < 1.29 is 0 Å². The van der Waals surface area contributed by atoms with E-state index in [0.29, 0.717) is 0 Å². The van der Waals surface area contributed by atoms with Crippen LogP contribution in [0, 0.1) is 0 Å². The van der Waals surface area contributed by atoms with Gasteiger partial charge in [0.05, 0.1) is 0 Å². The van der Waals surface area contributed by atoms with Gasteiger partial charge in [-0.15, -0.1) is 0 Å². The molecule has 0 spiro atoms. The van der Waals surface area contributed by atoms with Crippen LogP contribution in [-0.2, 0) is 0 Å². The molecule has 0 bridgehead atoms. The molecule has 0 aliphatic carbocycles. The highest BCUT2D eigenvalue weighted by molar-refractivity contribution is 9.52. The van der Waals surface area contributed by atoms with Crippen molar-refractivity contribution in [1.29, 1.82) is 0 Å². The molecule has 0 aromatic carbocycles. The van der Waals surface area contributed by atoms with Gasteiger partial charge < -0.3 is 0 Å². The Labute approximate surface area is 66.3 Å². The highest BCUT2D eigenvalue weighted by atomic mass is 79.9. The number of hydrogen-bond donors (Lipinski definition) is 0. The molecule has 6 heavy (non-hydrogen) atoms. The summed E-state index contributed by atoms with van der Waals surface area (Å²) >= 11 is 16.5. The highest BCUT2D eigenvalue weighted by Crippen LogP contribution is 2.44.